The average molecular weight is 444 g/mol. The number of benzene rings is 1. The molecule has 1 aromatic heterocycles. The molecular formula is C23H29N3O4S. The van der Waals surface area contributed by atoms with Crippen LogP contribution in [0.3, 0.4) is 0 Å². The van der Waals surface area contributed by atoms with Crippen molar-refractivity contribution in [3.63, 3.8) is 0 Å². The summed E-state index contributed by atoms with van der Waals surface area (Å²) in [4.78, 5) is 20.9. The number of H-pyrrole nitrogens is 1. The molecule has 1 saturated heterocycles. The van der Waals surface area contributed by atoms with Crippen LogP contribution in [0.15, 0.2) is 34.7 Å². The lowest BCUT2D eigenvalue weighted by molar-refractivity contribution is -0.151. The number of ether oxygens (including phenoxy) is 1. The predicted molar refractivity (Wildman–Crippen MR) is 118 cm³/mol. The van der Waals surface area contributed by atoms with E-state index < -0.39 is 21.4 Å². The zero-order valence-corrected chi connectivity index (χ0v) is 19.5. The number of rotatable bonds is 3. The van der Waals surface area contributed by atoms with Crippen LogP contribution in [0.2, 0.25) is 0 Å². The van der Waals surface area contributed by atoms with Crippen molar-refractivity contribution in [2.45, 2.75) is 50.8 Å². The first-order valence-electron chi connectivity index (χ1n) is 10.4. The van der Waals surface area contributed by atoms with E-state index in [4.69, 9.17) is 4.74 Å². The van der Waals surface area contributed by atoms with Gasteiger partial charge in [0.15, 0.2) is 0 Å². The third-order valence-electron chi connectivity index (χ3n) is 6.34. The number of hydrogen-bond donors (Lipinski definition) is 1. The van der Waals surface area contributed by atoms with Crippen molar-refractivity contribution in [2.75, 3.05) is 20.2 Å². The Balaban J connectivity index is 1.70. The van der Waals surface area contributed by atoms with E-state index in [1.165, 1.54) is 11.4 Å². The molecule has 1 atom stereocenters. The highest BCUT2D eigenvalue weighted by atomic mass is 32.2. The van der Waals surface area contributed by atoms with Crippen LogP contribution in [0.4, 0.5) is 0 Å². The Hall–Kier alpha value is -2.45. The van der Waals surface area contributed by atoms with E-state index in [1.54, 1.807) is 12.1 Å². The molecule has 1 aromatic carbocycles. The van der Waals surface area contributed by atoms with E-state index in [-0.39, 0.29) is 16.9 Å². The quantitative estimate of drug-likeness (QED) is 0.736. The second kappa shape index (κ2) is 7.31. The maximum Gasteiger partial charge on any atom is 0.317 e. The zero-order chi connectivity index (χ0) is 22.6. The zero-order valence-electron chi connectivity index (χ0n) is 18.7. The van der Waals surface area contributed by atoms with Gasteiger partial charge in [-0.1, -0.05) is 32.9 Å². The number of esters is 1. The molecule has 1 aliphatic heterocycles. The SMILES string of the molecule is COC(=O)C12Cc3[nH]c(C)nc3C=C1CCN(S(=O)(=O)c1ccc(C(C)(C)C)cc1)C2. The number of imidazole rings is 1. The summed E-state index contributed by atoms with van der Waals surface area (Å²) >= 11 is 0. The van der Waals surface area contributed by atoms with Crippen LogP contribution in [0.5, 0.6) is 0 Å². The number of methoxy groups -OCH3 is 1. The fraction of sp³-hybridized carbons (Fsp3) is 0.478. The molecular weight excluding hydrogens is 414 g/mol. The van der Waals surface area contributed by atoms with Crippen LogP contribution >= 0.6 is 0 Å². The Labute approximate surface area is 183 Å². The van der Waals surface area contributed by atoms with Crippen LogP contribution in [-0.4, -0.2) is 48.9 Å². The number of nitrogens with one attached hydrogen (secondary N) is 1. The summed E-state index contributed by atoms with van der Waals surface area (Å²) in [6, 6.07) is 7.03. The molecule has 2 heterocycles. The Morgan fingerprint density at radius 1 is 1.23 bits per heavy atom. The molecule has 0 spiro atoms. The first kappa shape index (κ1) is 21.8. The summed E-state index contributed by atoms with van der Waals surface area (Å²) in [6.45, 7) is 8.49. The number of carbonyl (C=O) groups is 1. The van der Waals surface area contributed by atoms with E-state index >= 15 is 0 Å². The Kier molecular flexibility index (Phi) is 5.13. The number of piperidine rings is 1. The van der Waals surface area contributed by atoms with Gasteiger partial charge in [0.1, 0.15) is 11.2 Å². The van der Waals surface area contributed by atoms with Crippen LogP contribution in [0.25, 0.3) is 6.08 Å². The van der Waals surface area contributed by atoms with Gasteiger partial charge in [0, 0.05) is 25.2 Å². The molecule has 166 valence electrons. The smallest absolute Gasteiger partial charge is 0.317 e. The van der Waals surface area contributed by atoms with Crippen molar-refractivity contribution >= 4 is 22.1 Å². The van der Waals surface area contributed by atoms with Gasteiger partial charge in [-0.2, -0.15) is 4.31 Å². The van der Waals surface area contributed by atoms with Gasteiger partial charge < -0.3 is 9.72 Å². The number of carbonyl (C=O) groups excluding carboxylic acids is 1. The molecule has 8 heteroatoms. The first-order valence-corrected chi connectivity index (χ1v) is 11.9. The summed E-state index contributed by atoms with van der Waals surface area (Å²) < 4.78 is 33.5. The van der Waals surface area contributed by atoms with Crippen molar-refractivity contribution in [2.24, 2.45) is 5.41 Å². The second-order valence-electron chi connectivity index (χ2n) is 9.47. The highest BCUT2D eigenvalue weighted by Crippen LogP contribution is 2.45. The summed E-state index contributed by atoms with van der Waals surface area (Å²) in [7, 11) is -2.41. The highest BCUT2D eigenvalue weighted by molar-refractivity contribution is 7.89. The third-order valence-corrected chi connectivity index (χ3v) is 8.20. The van der Waals surface area contributed by atoms with Crippen LogP contribution < -0.4 is 0 Å². The van der Waals surface area contributed by atoms with Gasteiger partial charge in [-0.15, -0.1) is 0 Å². The molecule has 1 fully saturated rings. The standard InChI is InChI=1S/C23H29N3O4S/c1-15-24-19-12-17-10-11-26(14-23(17,21(27)30-5)13-20(19)25-15)31(28,29)18-8-6-16(7-9-18)22(2,3)4/h6-9,12H,10-11,13-14H2,1-5H3,(H,24,25). The lowest BCUT2D eigenvalue weighted by Gasteiger charge is -2.43. The maximum absolute atomic E-state index is 13.5. The molecule has 1 N–H and O–H groups in total. The molecule has 0 amide bonds. The number of fused-ring (bicyclic) bond motifs is 2. The monoisotopic (exact) mass is 443 g/mol. The van der Waals surface area contributed by atoms with Gasteiger partial charge in [-0.25, -0.2) is 13.4 Å². The molecule has 31 heavy (non-hydrogen) atoms. The molecule has 7 nitrogen and oxygen atoms in total. The van der Waals surface area contributed by atoms with Crippen LogP contribution in [0, 0.1) is 12.3 Å². The van der Waals surface area contributed by atoms with Gasteiger partial charge >= 0.3 is 5.97 Å². The van der Waals surface area contributed by atoms with Gasteiger partial charge in [0.2, 0.25) is 10.0 Å². The van der Waals surface area contributed by atoms with Crippen molar-refractivity contribution in [1.29, 1.82) is 0 Å². The topological polar surface area (TPSA) is 92.4 Å². The normalized spacial score (nSPS) is 21.8. The second-order valence-corrected chi connectivity index (χ2v) is 11.4. The van der Waals surface area contributed by atoms with Gasteiger partial charge in [0.05, 0.1) is 17.7 Å². The Morgan fingerprint density at radius 3 is 2.52 bits per heavy atom. The molecule has 0 saturated carbocycles. The van der Waals surface area contributed by atoms with Gasteiger partial charge in [-0.3, -0.25) is 4.79 Å². The lowest BCUT2D eigenvalue weighted by Crippen LogP contribution is -2.53. The Bertz CT molecular complexity index is 1160. The van der Waals surface area contributed by atoms with Crippen molar-refractivity contribution < 1.29 is 17.9 Å². The van der Waals surface area contributed by atoms with E-state index in [0.717, 1.165) is 28.3 Å². The maximum atomic E-state index is 13.5. The lowest BCUT2D eigenvalue weighted by atomic mass is 9.69. The minimum atomic E-state index is -3.75. The minimum Gasteiger partial charge on any atom is -0.468 e. The molecule has 1 unspecified atom stereocenters. The summed E-state index contributed by atoms with van der Waals surface area (Å²) in [6.07, 6.45) is 2.72. The number of aromatic nitrogens is 2. The average Bonchev–Trinajstić information content (AvgIpc) is 3.08. The predicted octanol–water partition coefficient (Wildman–Crippen LogP) is 3.21. The third kappa shape index (κ3) is 3.61. The number of hydrogen-bond acceptors (Lipinski definition) is 5. The van der Waals surface area contributed by atoms with E-state index in [2.05, 4.69) is 30.7 Å². The molecule has 1 aliphatic carbocycles. The largest absolute Gasteiger partial charge is 0.468 e. The first-order chi connectivity index (χ1) is 14.5. The number of sulfonamides is 1. The van der Waals surface area contributed by atoms with Gasteiger partial charge in [0.25, 0.3) is 0 Å². The molecule has 0 radical (unpaired) electrons. The molecule has 4 rings (SSSR count). The van der Waals surface area contributed by atoms with Crippen LogP contribution in [-0.2, 0) is 31.4 Å². The molecule has 2 aliphatic rings. The molecule has 0 bridgehead atoms. The Morgan fingerprint density at radius 2 is 1.90 bits per heavy atom. The van der Waals surface area contributed by atoms with Gasteiger partial charge in [-0.05, 0) is 48.1 Å². The van der Waals surface area contributed by atoms with E-state index in [0.29, 0.717) is 19.4 Å². The van der Waals surface area contributed by atoms with Crippen molar-refractivity contribution in [3.8, 4) is 0 Å². The van der Waals surface area contributed by atoms with Crippen molar-refractivity contribution in [1.82, 2.24) is 14.3 Å². The van der Waals surface area contributed by atoms with Crippen LogP contribution in [0.1, 0.15) is 50.0 Å². The summed E-state index contributed by atoms with van der Waals surface area (Å²) in [5.41, 5.74) is 2.49. The number of aromatic amines is 1. The van der Waals surface area contributed by atoms with E-state index in [1.807, 2.05) is 25.1 Å². The minimum absolute atomic E-state index is 0.0480. The highest BCUT2D eigenvalue weighted by Gasteiger charge is 2.51. The molecule has 2 aromatic rings. The number of nitrogens with zero attached hydrogens (tertiary/aromatic N) is 2. The fourth-order valence-corrected chi connectivity index (χ4v) is 6.07. The summed E-state index contributed by atoms with van der Waals surface area (Å²) in [5.74, 6) is 0.351. The summed E-state index contributed by atoms with van der Waals surface area (Å²) in [5, 5.41) is 0. The fourth-order valence-electron chi connectivity index (χ4n) is 4.57. The van der Waals surface area contributed by atoms with Crippen molar-refractivity contribution in [3.05, 3.63) is 52.6 Å². The van der Waals surface area contributed by atoms with E-state index in [9.17, 15) is 13.2 Å². The number of aryl methyl sites for hydroxylation is 1.